The van der Waals surface area contributed by atoms with Crippen molar-refractivity contribution in [2.45, 2.75) is 77.7 Å². The molecule has 34 heavy (non-hydrogen) atoms. The van der Waals surface area contributed by atoms with Crippen LogP contribution in [0.25, 0.3) is 0 Å². The van der Waals surface area contributed by atoms with Gasteiger partial charge in [0.2, 0.25) is 0 Å². The normalized spacial score (nSPS) is 33.8. The highest BCUT2D eigenvalue weighted by atomic mass is 16.6. The minimum atomic E-state index is -0.244. The molecule has 4 aliphatic carbocycles. The van der Waals surface area contributed by atoms with Crippen molar-refractivity contribution in [2.75, 3.05) is 6.61 Å². The summed E-state index contributed by atoms with van der Waals surface area (Å²) >= 11 is 0. The van der Waals surface area contributed by atoms with Crippen LogP contribution in [0.4, 0.5) is 0 Å². The number of terminal acetylenes is 1. The Balaban J connectivity index is 0.00000133. The standard InChI is InChI=1S/C28H36O4.C2H2/c1-3-28-14-13-23-22-10-8-20(29)16-19(22)7-9-24(23)25(28)11-12-26(28)32-27(30)17-31-21-6-4-5-18(2)15-21;1-2/h4-6,15-16,22-26H,3,7-14,17H2,1-2H3;1-2H. The van der Waals surface area contributed by atoms with Gasteiger partial charge < -0.3 is 9.47 Å². The second-order valence-corrected chi connectivity index (χ2v) is 10.6. The van der Waals surface area contributed by atoms with Crippen LogP contribution in [0.15, 0.2) is 35.9 Å². The fourth-order valence-corrected chi connectivity index (χ4v) is 7.83. The van der Waals surface area contributed by atoms with Crippen LogP contribution in [0.1, 0.15) is 70.3 Å². The quantitative estimate of drug-likeness (QED) is 0.394. The number of ether oxygens (including phenoxy) is 2. The number of allylic oxidation sites excluding steroid dienone is 1. The smallest absolute Gasteiger partial charge is 0.344 e. The molecule has 0 spiro atoms. The first-order valence-corrected chi connectivity index (χ1v) is 13.0. The molecule has 4 heteroatoms. The van der Waals surface area contributed by atoms with Gasteiger partial charge in [0.15, 0.2) is 12.4 Å². The molecule has 0 N–H and O–H groups in total. The van der Waals surface area contributed by atoms with Gasteiger partial charge in [0.1, 0.15) is 11.9 Å². The van der Waals surface area contributed by atoms with Gasteiger partial charge in [0.05, 0.1) is 0 Å². The Labute approximate surface area is 204 Å². The zero-order valence-electron chi connectivity index (χ0n) is 20.6. The van der Waals surface area contributed by atoms with Crippen molar-refractivity contribution in [3.8, 4) is 18.6 Å². The predicted molar refractivity (Wildman–Crippen MR) is 133 cm³/mol. The Morgan fingerprint density at radius 1 is 1.09 bits per heavy atom. The van der Waals surface area contributed by atoms with Crippen molar-refractivity contribution in [1.82, 2.24) is 0 Å². The predicted octanol–water partition coefficient (Wildman–Crippen LogP) is 6.07. The first kappa shape index (κ1) is 24.6. The molecule has 6 unspecified atom stereocenters. The summed E-state index contributed by atoms with van der Waals surface area (Å²) < 4.78 is 11.8. The number of fused-ring (bicyclic) bond motifs is 5. The number of hydrogen-bond acceptors (Lipinski definition) is 4. The molecule has 0 aliphatic heterocycles. The second kappa shape index (κ2) is 10.4. The molecule has 0 aromatic heterocycles. The summed E-state index contributed by atoms with van der Waals surface area (Å²) in [4.78, 5) is 24.6. The van der Waals surface area contributed by atoms with E-state index in [1.54, 1.807) is 0 Å². The summed E-state index contributed by atoms with van der Waals surface area (Å²) in [6, 6.07) is 7.78. The van der Waals surface area contributed by atoms with Gasteiger partial charge in [-0.15, -0.1) is 12.8 Å². The summed E-state index contributed by atoms with van der Waals surface area (Å²) in [5.74, 6) is 3.49. The molecular weight excluding hydrogens is 424 g/mol. The van der Waals surface area contributed by atoms with Gasteiger partial charge in [-0.1, -0.05) is 24.6 Å². The van der Waals surface area contributed by atoms with E-state index in [2.05, 4.69) is 19.8 Å². The van der Waals surface area contributed by atoms with E-state index in [4.69, 9.17) is 9.47 Å². The molecule has 0 heterocycles. The molecule has 4 nitrogen and oxygen atoms in total. The lowest BCUT2D eigenvalue weighted by molar-refractivity contribution is -0.163. The molecule has 4 aliphatic rings. The van der Waals surface area contributed by atoms with Crippen LogP contribution < -0.4 is 4.74 Å². The molecule has 5 rings (SSSR count). The molecule has 0 bridgehead atoms. The van der Waals surface area contributed by atoms with Gasteiger partial charge >= 0.3 is 5.97 Å². The van der Waals surface area contributed by atoms with E-state index >= 15 is 0 Å². The Morgan fingerprint density at radius 3 is 2.68 bits per heavy atom. The van der Waals surface area contributed by atoms with Gasteiger partial charge in [-0.3, -0.25) is 4.79 Å². The third kappa shape index (κ3) is 4.54. The number of aryl methyl sites for hydroxylation is 1. The van der Waals surface area contributed by atoms with Crippen molar-refractivity contribution in [3.05, 3.63) is 41.5 Å². The minimum absolute atomic E-state index is 0.0110. The van der Waals surface area contributed by atoms with Crippen molar-refractivity contribution in [3.63, 3.8) is 0 Å². The van der Waals surface area contributed by atoms with Gasteiger partial charge in [-0.2, -0.15) is 0 Å². The zero-order chi connectivity index (χ0) is 24.3. The second-order valence-electron chi connectivity index (χ2n) is 10.6. The maximum absolute atomic E-state index is 12.7. The van der Waals surface area contributed by atoms with E-state index in [9.17, 15) is 9.59 Å². The average Bonchev–Trinajstić information content (AvgIpc) is 3.22. The lowest BCUT2D eigenvalue weighted by Gasteiger charge is -2.54. The fourth-order valence-electron chi connectivity index (χ4n) is 7.83. The minimum Gasteiger partial charge on any atom is -0.482 e. The maximum atomic E-state index is 12.7. The molecule has 0 radical (unpaired) electrons. The number of hydrogen-bond donors (Lipinski definition) is 0. The highest BCUT2D eigenvalue weighted by Gasteiger charge is 2.58. The topological polar surface area (TPSA) is 52.6 Å². The van der Waals surface area contributed by atoms with E-state index in [1.165, 1.54) is 18.4 Å². The van der Waals surface area contributed by atoms with Gasteiger partial charge in [-0.05, 0) is 106 Å². The van der Waals surface area contributed by atoms with Crippen LogP contribution in [-0.4, -0.2) is 24.5 Å². The van der Waals surface area contributed by atoms with E-state index in [0.717, 1.165) is 50.5 Å². The van der Waals surface area contributed by atoms with E-state index in [0.29, 0.717) is 35.2 Å². The van der Waals surface area contributed by atoms with Crippen LogP contribution in [0.5, 0.6) is 5.75 Å². The molecule has 182 valence electrons. The Kier molecular flexibility index (Phi) is 7.51. The van der Waals surface area contributed by atoms with E-state index in [-0.39, 0.29) is 24.1 Å². The number of benzene rings is 1. The average molecular weight is 463 g/mol. The number of carbonyl (C=O) groups is 2. The largest absolute Gasteiger partial charge is 0.482 e. The van der Waals surface area contributed by atoms with E-state index in [1.807, 2.05) is 37.3 Å². The summed E-state index contributed by atoms with van der Waals surface area (Å²) in [7, 11) is 0. The molecule has 3 saturated carbocycles. The number of rotatable bonds is 5. The Hall–Kier alpha value is -2.54. The van der Waals surface area contributed by atoms with Crippen molar-refractivity contribution in [2.24, 2.45) is 29.1 Å². The highest BCUT2D eigenvalue weighted by Crippen LogP contribution is 2.63. The van der Waals surface area contributed by atoms with Gasteiger partial charge in [0.25, 0.3) is 0 Å². The summed E-state index contributed by atoms with van der Waals surface area (Å²) in [5.41, 5.74) is 2.66. The van der Waals surface area contributed by atoms with Crippen molar-refractivity contribution < 1.29 is 19.1 Å². The first-order chi connectivity index (χ1) is 16.5. The molecule has 1 aromatic carbocycles. The van der Waals surface area contributed by atoms with Crippen LogP contribution in [0, 0.1) is 48.9 Å². The number of ketones is 1. The first-order valence-electron chi connectivity index (χ1n) is 13.0. The molecule has 0 amide bonds. The third-order valence-corrected chi connectivity index (χ3v) is 9.22. The highest BCUT2D eigenvalue weighted by molar-refractivity contribution is 5.91. The van der Waals surface area contributed by atoms with Crippen LogP contribution in [0.3, 0.4) is 0 Å². The molecule has 3 fully saturated rings. The number of carbonyl (C=O) groups excluding carboxylic acids is 2. The van der Waals surface area contributed by atoms with Crippen LogP contribution >= 0.6 is 0 Å². The zero-order valence-corrected chi connectivity index (χ0v) is 20.6. The lowest BCUT2D eigenvalue weighted by Crippen LogP contribution is -2.49. The SMILES string of the molecule is C#C.CCC12CCC3C4CCC(=O)C=C4CCC3C1CCC2OC(=O)COc1cccc(C)c1. The van der Waals surface area contributed by atoms with E-state index < -0.39 is 0 Å². The molecule has 1 aromatic rings. The molecular formula is C30H38O4. The fraction of sp³-hybridized carbons (Fsp3) is 0.600. The summed E-state index contributed by atoms with van der Waals surface area (Å²) in [5, 5.41) is 0. The monoisotopic (exact) mass is 462 g/mol. The third-order valence-electron chi connectivity index (χ3n) is 9.22. The lowest BCUT2D eigenvalue weighted by atomic mass is 9.51. The Bertz CT molecular complexity index is 960. The van der Waals surface area contributed by atoms with Crippen molar-refractivity contribution in [1.29, 1.82) is 0 Å². The summed E-state index contributed by atoms with van der Waals surface area (Å²) in [6.45, 7) is 4.28. The summed E-state index contributed by atoms with van der Waals surface area (Å²) in [6.07, 6.45) is 19.6. The van der Waals surface area contributed by atoms with Gasteiger partial charge in [-0.25, -0.2) is 4.79 Å². The maximum Gasteiger partial charge on any atom is 0.344 e. The van der Waals surface area contributed by atoms with Gasteiger partial charge in [0, 0.05) is 11.8 Å². The molecule has 0 saturated heterocycles. The van der Waals surface area contributed by atoms with Crippen molar-refractivity contribution >= 4 is 11.8 Å². The Morgan fingerprint density at radius 2 is 1.91 bits per heavy atom. The number of esters is 1. The van der Waals surface area contributed by atoms with Crippen LogP contribution in [0.2, 0.25) is 0 Å². The molecule has 6 atom stereocenters. The van der Waals surface area contributed by atoms with Crippen LogP contribution in [-0.2, 0) is 14.3 Å².